The zero-order chi connectivity index (χ0) is 46.7. The fraction of sp³-hybridized carbons (Fsp3) is 0.833. The maximum atomic E-state index is 13.6. The van der Waals surface area contributed by atoms with E-state index in [9.17, 15) is 24.6 Å². The largest absolute Gasteiger partial charge is 0.463 e. The maximum Gasteiger partial charge on any atom is 0.306 e. The van der Waals surface area contributed by atoms with E-state index in [0.717, 1.165) is 50.5 Å². The second-order valence-electron chi connectivity index (χ2n) is 19.2. The number of ether oxygens (including phenoxy) is 5. The number of unbranched alkanes of at least 4 members (excludes halogenated alkanes) is 25. The van der Waals surface area contributed by atoms with Crippen LogP contribution in [0.3, 0.4) is 0 Å². The van der Waals surface area contributed by atoms with Crippen LogP contribution in [0, 0.1) is 5.92 Å². The Labute approximate surface area is 394 Å². The predicted octanol–water partition coefficient (Wildman–Crippen LogP) is 11.8. The zero-order valence-electron chi connectivity index (χ0n) is 41.2. The number of hydrogen-bond donors (Lipinski definition) is 3. The molecule has 1 amide bonds. The van der Waals surface area contributed by atoms with Gasteiger partial charge >= 0.3 is 11.9 Å². The Kier molecular flexibility index (Phi) is 31.8. The van der Waals surface area contributed by atoms with Gasteiger partial charge in [0.1, 0.15) is 31.0 Å². The highest BCUT2D eigenvalue weighted by atomic mass is 16.7. The van der Waals surface area contributed by atoms with E-state index < -0.39 is 60.7 Å². The first-order valence-electron chi connectivity index (χ1n) is 26.7. The van der Waals surface area contributed by atoms with Gasteiger partial charge in [-0.25, -0.2) is 0 Å². The van der Waals surface area contributed by atoms with Crippen LogP contribution in [-0.2, 0) is 44.7 Å². The molecule has 2 aliphatic rings. The van der Waals surface area contributed by atoms with Crippen molar-refractivity contribution in [2.24, 2.45) is 5.92 Å². The predicted molar refractivity (Wildman–Crippen MR) is 258 cm³/mol. The van der Waals surface area contributed by atoms with Gasteiger partial charge in [0.25, 0.3) is 0 Å². The van der Waals surface area contributed by atoms with Crippen molar-refractivity contribution in [3.63, 3.8) is 0 Å². The summed E-state index contributed by atoms with van der Waals surface area (Å²) in [5.41, 5.74) is 0.934. The third-order valence-electron chi connectivity index (χ3n) is 13.5. The van der Waals surface area contributed by atoms with E-state index in [2.05, 4.69) is 19.2 Å². The molecule has 1 aromatic carbocycles. The number of benzene rings is 1. The minimum atomic E-state index is -1.29. The average molecular weight is 916 g/mol. The topological polar surface area (TPSA) is 150 Å². The molecule has 0 spiro atoms. The lowest BCUT2D eigenvalue weighted by Crippen LogP contribution is -2.58. The lowest BCUT2D eigenvalue weighted by Gasteiger charge is -2.43. The van der Waals surface area contributed by atoms with Crippen LogP contribution in [0.5, 0.6) is 0 Å². The van der Waals surface area contributed by atoms with E-state index in [1.54, 1.807) is 0 Å². The Hall–Kier alpha value is -2.57. The first-order chi connectivity index (χ1) is 31.7. The maximum absolute atomic E-state index is 13.6. The van der Waals surface area contributed by atoms with Crippen LogP contribution in [0.1, 0.15) is 225 Å². The normalized spacial score (nSPS) is 24.4. The molecule has 0 radical (unpaired) electrons. The summed E-state index contributed by atoms with van der Waals surface area (Å²) in [7, 11) is 0. The molecular weight excluding hydrogens is 823 g/mol. The first-order valence-corrected chi connectivity index (χ1v) is 26.7. The second kappa shape index (κ2) is 36.5. The number of rotatable bonds is 33. The molecule has 2 saturated heterocycles. The molecule has 3 N–H and O–H groups in total. The van der Waals surface area contributed by atoms with Gasteiger partial charge in [-0.3, -0.25) is 14.4 Å². The number of aliphatic hydroxyl groups excluding tert-OH is 2. The minimum Gasteiger partial charge on any atom is -0.463 e. The highest BCUT2D eigenvalue weighted by Gasteiger charge is 2.46. The molecule has 11 nitrogen and oxygen atoms in total. The van der Waals surface area contributed by atoms with Crippen LogP contribution < -0.4 is 5.32 Å². The van der Waals surface area contributed by atoms with Crippen LogP contribution in [-0.4, -0.2) is 84.1 Å². The molecular formula is C54H93NO10. The van der Waals surface area contributed by atoms with Crippen LogP contribution in [0.25, 0.3) is 0 Å². The van der Waals surface area contributed by atoms with Gasteiger partial charge < -0.3 is 39.2 Å². The van der Waals surface area contributed by atoms with E-state index in [1.165, 1.54) is 128 Å². The molecule has 0 aromatic heterocycles. The summed E-state index contributed by atoms with van der Waals surface area (Å²) in [5, 5.41) is 26.4. The number of amides is 1. The summed E-state index contributed by atoms with van der Waals surface area (Å²) in [4.78, 5) is 39.6. The van der Waals surface area contributed by atoms with Crippen molar-refractivity contribution in [1.82, 2.24) is 5.32 Å². The van der Waals surface area contributed by atoms with Crippen molar-refractivity contribution < 1.29 is 48.3 Å². The molecule has 374 valence electrons. The Morgan fingerprint density at radius 2 is 1.14 bits per heavy atom. The van der Waals surface area contributed by atoms with E-state index >= 15 is 0 Å². The number of carbonyl (C=O) groups excluding carboxylic acids is 3. The van der Waals surface area contributed by atoms with Crippen LogP contribution in [0.2, 0.25) is 0 Å². The van der Waals surface area contributed by atoms with Crippen molar-refractivity contribution in [2.45, 2.75) is 269 Å². The molecule has 11 heteroatoms. The monoisotopic (exact) mass is 916 g/mol. The molecule has 2 bridgehead atoms. The lowest BCUT2D eigenvalue weighted by molar-refractivity contribution is -0.301. The smallest absolute Gasteiger partial charge is 0.306 e. The van der Waals surface area contributed by atoms with Crippen molar-refractivity contribution in [3.8, 4) is 0 Å². The third-order valence-corrected chi connectivity index (χ3v) is 13.5. The molecule has 2 fully saturated rings. The minimum absolute atomic E-state index is 0.163. The number of cyclic esters (lactones) is 2. The number of aliphatic hydroxyl groups is 2. The fourth-order valence-corrected chi connectivity index (χ4v) is 9.16. The number of nitrogens with one attached hydrogen (secondary N) is 1. The third kappa shape index (κ3) is 25.4. The Balaban J connectivity index is 1.62. The summed E-state index contributed by atoms with van der Waals surface area (Å²) < 4.78 is 30.5. The van der Waals surface area contributed by atoms with Gasteiger partial charge in [0, 0.05) is 12.3 Å². The van der Waals surface area contributed by atoms with Crippen molar-refractivity contribution in [2.75, 3.05) is 13.2 Å². The van der Waals surface area contributed by atoms with E-state index in [1.807, 2.05) is 37.3 Å². The molecule has 65 heavy (non-hydrogen) atoms. The standard InChI is InChI=1S/C54H93NO10/c1-4-6-8-10-12-14-16-18-19-20-22-24-26-28-33-37-48(56)55-45-41-63-54-53(62-40-44-34-30-29-31-35-44)43(3)51(59)47(65-54)42-61-49(57)38-39-50(58)64-46(52(45)60)36-32-27-25-23-21-17-15-13-11-9-7-5-2/h29-31,34-35,43,45-47,51-54,59-60H,4-28,32-33,36-42H2,1-3H3,(H,55,56)/t43-,45-,46+,47?,51+,52-,53?,54+/m0/s1. The fourth-order valence-electron chi connectivity index (χ4n) is 9.16. The van der Waals surface area contributed by atoms with Crippen LogP contribution >= 0.6 is 0 Å². The SMILES string of the molecule is CCCCCCCCCCCCCCCCCC(=O)N[C@H]1CO[C@@H]2OC(COC(=O)CCC(=O)O[C@H](CCCCCCCCCCCCCC)[C@H]1O)[C@H](O)[C@H](C)C2OCc1ccccc1. The van der Waals surface area contributed by atoms with Gasteiger partial charge in [-0.15, -0.1) is 0 Å². The van der Waals surface area contributed by atoms with Gasteiger partial charge in [0.2, 0.25) is 5.91 Å². The van der Waals surface area contributed by atoms with Gasteiger partial charge in [-0.1, -0.05) is 212 Å². The van der Waals surface area contributed by atoms with Crippen molar-refractivity contribution in [3.05, 3.63) is 35.9 Å². The number of fused-ring (bicyclic) bond motifs is 2. The summed E-state index contributed by atoms with van der Waals surface area (Å²) in [6.45, 7) is 6.18. The van der Waals surface area contributed by atoms with E-state index in [0.29, 0.717) is 12.8 Å². The number of esters is 2. The Bertz CT molecular complexity index is 1350. The molecule has 2 aliphatic heterocycles. The zero-order valence-corrected chi connectivity index (χ0v) is 41.2. The molecule has 2 unspecified atom stereocenters. The molecule has 8 atom stereocenters. The van der Waals surface area contributed by atoms with Gasteiger partial charge in [0.15, 0.2) is 6.29 Å². The van der Waals surface area contributed by atoms with Crippen LogP contribution in [0.15, 0.2) is 30.3 Å². The van der Waals surface area contributed by atoms with Gasteiger partial charge in [-0.2, -0.15) is 0 Å². The Morgan fingerprint density at radius 3 is 1.68 bits per heavy atom. The highest BCUT2D eigenvalue weighted by molar-refractivity contribution is 5.78. The summed E-state index contributed by atoms with van der Waals surface area (Å²) >= 11 is 0. The number of hydrogen-bond acceptors (Lipinski definition) is 10. The highest BCUT2D eigenvalue weighted by Crippen LogP contribution is 2.31. The summed E-state index contributed by atoms with van der Waals surface area (Å²) in [6, 6.07) is 8.74. The molecule has 1 aromatic rings. The summed E-state index contributed by atoms with van der Waals surface area (Å²) in [6.07, 6.45) is 27.0. The first kappa shape index (κ1) is 56.8. The second-order valence-corrected chi connectivity index (χ2v) is 19.2. The van der Waals surface area contributed by atoms with E-state index in [-0.39, 0.29) is 38.6 Å². The van der Waals surface area contributed by atoms with E-state index in [4.69, 9.17) is 23.7 Å². The molecule has 0 aliphatic carbocycles. The van der Waals surface area contributed by atoms with Gasteiger partial charge in [-0.05, 0) is 24.8 Å². The quantitative estimate of drug-likeness (QED) is 0.0459. The van der Waals surface area contributed by atoms with Crippen molar-refractivity contribution >= 4 is 17.8 Å². The lowest BCUT2D eigenvalue weighted by atomic mass is 9.90. The van der Waals surface area contributed by atoms with Gasteiger partial charge in [0.05, 0.1) is 38.2 Å². The molecule has 3 rings (SSSR count). The molecule has 0 saturated carbocycles. The van der Waals surface area contributed by atoms with Crippen molar-refractivity contribution in [1.29, 1.82) is 0 Å². The average Bonchev–Trinajstić information content (AvgIpc) is 3.31. The molecule has 2 heterocycles. The Morgan fingerprint density at radius 1 is 0.646 bits per heavy atom. The number of carbonyl (C=O) groups is 3. The summed E-state index contributed by atoms with van der Waals surface area (Å²) in [5.74, 6) is -1.94. The van der Waals surface area contributed by atoms with Crippen LogP contribution in [0.4, 0.5) is 0 Å².